The molecule has 0 atom stereocenters. The molecule has 0 unspecified atom stereocenters. The third kappa shape index (κ3) is 5.81. The highest BCUT2D eigenvalue weighted by Crippen LogP contribution is 2.17. The van der Waals surface area contributed by atoms with E-state index >= 15 is 0 Å². The standard InChI is InChI=1S/C24H28N2O2/c1-19-7-5-6-16-26(18-19)24(28)22-13-10-20(11-14-22)12-15-23(27)25-17-21-8-3-2-4-9-21/h2-4,8-11,13-14H,1,5-7,12,15-18H2,(H,25,27). The lowest BCUT2D eigenvalue weighted by molar-refractivity contribution is -0.121. The molecule has 4 heteroatoms. The second-order valence-electron chi connectivity index (χ2n) is 7.39. The minimum absolute atomic E-state index is 0.0343. The van der Waals surface area contributed by atoms with Crippen molar-refractivity contribution in [3.63, 3.8) is 0 Å². The quantitative estimate of drug-likeness (QED) is 0.771. The van der Waals surface area contributed by atoms with Gasteiger partial charge in [0.1, 0.15) is 0 Å². The van der Waals surface area contributed by atoms with Crippen LogP contribution in [0.15, 0.2) is 66.7 Å². The topological polar surface area (TPSA) is 49.4 Å². The van der Waals surface area contributed by atoms with Crippen LogP contribution in [0.25, 0.3) is 0 Å². The van der Waals surface area contributed by atoms with Gasteiger partial charge in [-0.15, -0.1) is 0 Å². The van der Waals surface area contributed by atoms with E-state index in [4.69, 9.17) is 0 Å². The molecule has 1 saturated heterocycles. The van der Waals surface area contributed by atoms with E-state index in [-0.39, 0.29) is 11.8 Å². The molecule has 146 valence electrons. The Labute approximate surface area is 167 Å². The molecule has 0 spiro atoms. The Morgan fingerprint density at radius 2 is 1.71 bits per heavy atom. The average Bonchev–Trinajstić information content (AvgIpc) is 2.95. The van der Waals surface area contributed by atoms with Gasteiger partial charge in [-0.1, -0.05) is 54.6 Å². The Hall–Kier alpha value is -2.88. The molecule has 0 aromatic heterocycles. The molecule has 0 radical (unpaired) electrons. The molecule has 2 aromatic carbocycles. The van der Waals surface area contributed by atoms with Crippen LogP contribution in [0.3, 0.4) is 0 Å². The zero-order valence-corrected chi connectivity index (χ0v) is 16.3. The molecule has 0 aliphatic carbocycles. The van der Waals surface area contributed by atoms with Crippen molar-refractivity contribution in [3.05, 3.63) is 83.4 Å². The van der Waals surface area contributed by atoms with E-state index in [9.17, 15) is 9.59 Å². The SMILES string of the molecule is C=C1CCCCN(C(=O)c2ccc(CCC(=O)NCc3ccccc3)cc2)C1. The van der Waals surface area contributed by atoms with E-state index in [1.54, 1.807) is 0 Å². The molecule has 0 bridgehead atoms. The van der Waals surface area contributed by atoms with E-state index < -0.39 is 0 Å². The Morgan fingerprint density at radius 1 is 0.964 bits per heavy atom. The third-order valence-corrected chi connectivity index (χ3v) is 5.08. The molecule has 1 N–H and O–H groups in total. The maximum atomic E-state index is 12.7. The maximum absolute atomic E-state index is 12.7. The van der Waals surface area contributed by atoms with Gasteiger partial charge in [-0.2, -0.15) is 0 Å². The van der Waals surface area contributed by atoms with Gasteiger partial charge in [0.25, 0.3) is 5.91 Å². The third-order valence-electron chi connectivity index (χ3n) is 5.08. The molecule has 1 aliphatic rings. The van der Waals surface area contributed by atoms with Gasteiger partial charge in [-0.3, -0.25) is 9.59 Å². The predicted octanol–water partition coefficient (Wildman–Crippen LogP) is 4.12. The number of amides is 2. The highest BCUT2D eigenvalue weighted by Gasteiger charge is 2.18. The summed E-state index contributed by atoms with van der Waals surface area (Å²) >= 11 is 0. The van der Waals surface area contributed by atoms with Crippen molar-refractivity contribution in [2.45, 2.75) is 38.6 Å². The first kappa shape index (κ1) is 19.9. The predicted molar refractivity (Wildman–Crippen MR) is 112 cm³/mol. The van der Waals surface area contributed by atoms with E-state index in [0.29, 0.717) is 31.5 Å². The summed E-state index contributed by atoms with van der Waals surface area (Å²) in [4.78, 5) is 26.7. The fourth-order valence-electron chi connectivity index (χ4n) is 3.42. The number of carbonyl (C=O) groups is 2. The van der Waals surface area contributed by atoms with Crippen molar-refractivity contribution in [1.29, 1.82) is 0 Å². The molecule has 2 aromatic rings. The first-order valence-electron chi connectivity index (χ1n) is 9.97. The molecule has 4 nitrogen and oxygen atoms in total. The summed E-state index contributed by atoms with van der Waals surface area (Å²) in [5, 5.41) is 2.94. The average molecular weight is 377 g/mol. The summed E-state index contributed by atoms with van der Waals surface area (Å²) in [6.45, 7) is 6.06. The second-order valence-corrected chi connectivity index (χ2v) is 7.39. The first-order chi connectivity index (χ1) is 13.6. The number of nitrogens with zero attached hydrogens (tertiary/aromatic N) is 1. The van der Waals surface area contributed by atoms with Gasteiger partial charge in [0, 0.05) is 31.6 Å². The summed E-state index contributed by atoms with van der Waals surface area (Å²) in [5.41, 5.74) is 3.98. The minimum atomic E-state index is 0.0343. The van der Waals surface area contributed by atoms with Crippen LogP contribution in [0, 0.1) is 0 Å². The Morgan fingerprint density at radius 3 is 2.46 bits per heavy atom. The summed E-state index contributed by atoms with van der Waals surface area (Å²) in [7, 11) is 0. The van der Waals surface area contributed by atoms with Gasteiger partial charge in [-0.25, -0.2) is 0 Å². The lowest BCUT2D eigenvalue weighted by Crippen LogP contribution is -2.32. The number of nitrogens with one attached hydrogen (secondary N) is 1. The Kier molecular flexibility index (Phi) is 7.01. The van der Waals surface area contributed by atoms with Crippen molar-refractivity contribution in [2.75, 3.05) is 13.1 Å². The molecule has 0 saturated carbocycles. The number of benzene rings is 2. The largest absolute Gasteiger partial charge is 0.352 e. The lowest BCUT2D eigenvalue weighted by Gasteiger charge is -2.21. The number of rotatable bonds is 6. The maximum Gasteiger partial charge on any atom is 0.254 e. The van der Waals surface area contributed by atoms with E-state index in [2.05, 4.69) is 11.9 Å². The van der Waals surface area contributed by atoms with Crippen molar-refractivity contribution in [3.8, 4) is 0 Å². The van der Waals surface area contributed by atoms with E-state index in [0.717, 1.165) is 42.5 Å². The summed E-state index contributed by atoms with van der Waals surface area (Å²) in [5.74, 6) is 0.0993. The molecule has 1 heterocycles. The smallest absolute Gasteiger partial charge is 0.254 e. The van der Waals surface area contributed by atoms with Gasteiger partial charge < -0.3 is 10.2 Å². The van der Waals surface area contributed by atoms with Gasteiger partial charge in [0.15, 0.2) is 0 Å². The highest BCUT2D eigenvalue weighted by atomic mass is 16.2. The van der Waals surface area contributed by atoms with Crippen LogP contribution in [0.2, 0.25) is 0 Å². The van der Waals surface area contributed by atoms with Gasteiger partial charge in [0.05, 0.1) is 0 Å². The number of hydrogen-bond acceptors (Lipinski definition) is 2. The Balaban J connectivity index is 1.48. The fraction of sp³-hybridized carbons (Fsp3) is 0.333. The van der Waals surface area contributed by atoms with Crippen LogP contribution in [0.5, 0.6) is 0 Å². The van der Waals surface area contributed by atoms with E-state index in [1.807, 2.05) is 59.5 Å². The zero-order valence-electron chi connectivity index (χ0n) is 16.3. The van der Waals surface area contributed by atoms with Crippen molar-refractivity contribution >= 4 is 11.8 Å². The van der Waals surface area contributed by atoms with Crippen LogP contribution in [-0.2, 0) is 17.8 Å². The van der Waals surface area contributed by atoms with Crippen molar-refractivity contribution in [2.24, 2.45) is 0 Å². The van der Waals surface area contributed by atoms with Crippen LogP contribution >= 0.6 is 0 Å². The lowest BCUT2D eigenvalue weighted by atomic mass is 10.1. The first-order valence-corrected chi connectivity index (χ1v) is 9.97. The number of aryl methyl sites for hydroxylation is 1. The Bertz CT molecular complexity index is 812. The minimum Gasteiger partial charge on any atom is -0.352 e. The highest BCUT2D eigenvalue weighted by molar-refractivity contribution is 5.94. The van der Waals surface area contributed by atoms with Crippen LogP contribution in [0.4, 0.5) is 0 Å². The molecular formula is C24H28N2O2. The molecule has 28 heavy (non-hydrogen) atoms. The summed E-state index contributed by atoms with van der Waals surface area (Å²) in [6.07, 6.45) is 4.24. The molecular weight excluding hydrogens is 348 g/mol. The fourth-order valence-corrected chi connectivity index (χ4v) is 3.42. The molecule has 1 aliphatic heterocycles. The molecule has 3 rings (SSSR count). The van der Waals surface area contributed by atoms with Crippen LogP contribution < -0.4 is 5.32 Å². The van der Waals surface area contributed by atoms with Crippen LogP contribution in [0.1, 0.15) is 47.2 Å². The molecule has 1 fully saturated rings. The van der Waals surface area contributed by atoms with E-state index in [1.165, 1.54) is 0 Å². The summed E-state index contributed by atoms with van der Waals surface area (Å²) in [6, 6.07) is 17.5. The number of carbonyl (C=O) groups excluding carboxylic acids is 2. The number of likely N-dealkylation sites (tertiary alicyclic amines) is 1. The van der Waals surface area contributed by atoms with Gasteiger partial charge in [-0.05, 0) is 48.9 Å². The van der Waals surface area contributed by atoms with Gasteiger partial charge >= 0.3 is 0 Å². The van der Waals surface area contributed by atoms with Crippen LogP contribution in [-0.4, -0.2) is 29.8 Å². The normalized spacial score (nSPS) is 14.4. The second kappa shape index (κ2) is 9.88. The monoisotopic (exact) mass is 376 g/mol. The summed E-state index contributed by atoms with van der Waals surface area (Å²) < 4.78 is 0. The number of hydrogen-bond donors (Lipinski definition) is 1. The molecule has 2 amide bonds. The van der Waals surface area contributed by atoms with Crippen molar-refractivity contribution < 1.29 is 9.59 Å². The van der Waals surface area contributed by atoms with Gasteiger partial charge in [0.2, 0.25) is 5.91 Å². The zero-order chi connectivity index (χ0) is 19.8. The van der Waals surface area contributed by atoms with Crippen molar-refractivity contribution in [1.82, 2.24) is 10.2 Å².